The second-order valence-electron chi connectivity index (χ2n) is 8.73. The van der Waals surface area contributed by atoms with Crippen molar-refractivity contribution in [1.29, 1.82) is 0 Å². The number of imide groups is 1. The maximum absolute atomic E-state index is 13.6. The van der Waals surface area contributed by atoms with E-state index in [1.807, 2.05) is 0 Å². The van der Waals surface area contributed by atoms with Crippen LogP contribution in [0.5, 0.6) is 0 Å². The Balaban J connectivity index is 1.98. The van der Waals surface area contributed by atoms with Crippen LogP contribution in [-0.4, -0.2) is 74.0 Å². The SMILES string of the molecule is CC[C@@H](C(=O)N1C(C(=O)O)CCCN1C(=O)OC(C)(C)C)N1C(=O)c2ccccc2C1=O. The van der Waals surface area contributed by atoms with Crippen molar-refractivity contribution in [2.75, 3.05) is 6.54 Å². The zero-order valence-corrected chi connectivity index (χ0v) is 18.5. The molecule has 2 heterocycles. The van der Waals surface area contributed by atoms with Crippen molar-refractivity contribution in [3.63, 3.8) is 0 Å². The van der Waals surface area contributed by atoms with Crippen molar-refractivity contribution in [2.24, 2.45) is 0 Å². The molecule has 172 valence electrons. The number of ether oxygens (including phenoxy) is 1. The Morgan fingerprint density at radius 1 is 1.12 bits per heavy atom. The molecule has 2 atom stereocenters. The highest BCUT2D eigenvalue weighted by atomic mass is 16.6. The minimum atomic E-state index is -1.33. The highest BCUT2D eigenvalue weighted by molar-refractivity contribution is 6.22. The summed E-state index contributed by atoms with van der Waals surface area (Å²) in [5, 5.41) is 11.5. The summed E-state index contributed by atoms with van der Waals surface area (Å²) in [5.74, 6) is -3.36. The first-order valence-corrected chi connectivity index (χ1v) is 10.5. The first kappa shape index (κ1) is 23.2. The number of carboxylic acid groups (broad SMARTS) is 1. The summed E-state index contributed by atoms with van der Waals surface area (Å²) < 4.78 is 5.37. The molecule has 0 aliphatic carbocycles. The van der Waals surface area contributed by atoms with E-state index < -0.39 is 47.5 Å². The summed E-state index contributed by atoms with van der Waals surface area (Å²) in [4.78, 5) is 65.1. The number of fused-ring (bicyclic) bond motifs is 1. The zero-order chi connectivity index (χ0) is 23.8. The van der Waals surface area contributed by atoms with E-state index in [4.69, 9.17) is 4.74 Å². The van der Waals surface area contributed by atoms with Crippen LogP contribution in [-0.2, 0) is 14.3 Å². The number of amides is 4. The van der Waals surface area contributed by atoms with Gasteiger partial charge in [0.15, 0.2) is 6.04 Å². The summed E-state index contributed by atoms with van der Waals surface area (Å²) in [6.07, 6.45) is -0.341. The number of carbonyl (C=O) groups is 5. The molecule has 1 unspecified atom stereocenters. The van der Waals surface area contributed by atoms with E-state index in [-0.39, 0.29) is 30.5 Å². The van der Waals surface area contributed by atoms with Crippen LogP contribution >= 0.6 is 0 Å². The number of hydrogen-bond acceptors (Lipinski definition) is 6. The minimum Gasteiger partial charge on any atom is -0.480 e. The van der Waals surface area contributed by atoms with Gasteiger partial charge in [0.1, 0.15) is 11.6 Å². The number of carboxylic acids is 1. The first-order chi connectivity index (χ1) is 15.0. The van der Waals surface area contributed by atoms with Gasteiger partial charge in [0.05, 0.1) is 11.1 Å². The lowest BCUT2D eigenvalue weighted by molar-refractivity contribution is -0.174. The molecular formula is C22H27N3O7. The number of aliphatic carboxylic acids is 1. The molecule has 0 saturated carbocycles. The quantitative estimate of drug-likeness (QED) is 0.705. The van der Waals surface area contributed by atoms with E-state index in [1.54, 1.807) is 39.8 Å². The normalized spacial score (nSPS) is 19.6. The Morgan fingerprint density at radius 3 is 2.16 bits per heavy atom. The molecule has 0 aromatic heterocycles. The second kappa shape index (κ2) is 8.60. The van der Waals surface area contributed by atoms with Gasteiger partial charge in [-0.05, 0) is 52.2 Å². The molecule has 10 heteroatoms. The lowest BCUT2D eigenvalue weighted by Crippen LogP contribution is -2.64. The molecule has 1 saturated heterocycles. The highest BCUT2D eigenvalue weighted by Crippen LogP contribution is 2.29. The van der Waals surface area contributed by atoms with Gasteiger partial charge in [-0.1, -0.05) is 19.1 Å². The van der Waals surface area contributed by atoms with Crippen molar-refractivity contribution in [3.8, 4) is 0 Å². The fraction of sp³-hybridized carbons (Fsp3) is 0.500. The van der Waals surface area contributed by atoms with Gasteiger partial charge >= 0.3 is 12.1 Å². The first-order valence-electron chi connectivity index (χ1n) is 10.5. The molecule has 0 spiro atoms. The molecule has 0 bridgehead atoms. The topological polar surface area (TPSA) is 125 Å². The van der Waals surface area contributed by atoms with Gasteiger partial charge in [0.2, 0.25) is 0 Å². The minimum absolute atomic E-state index is 0.0509. The van der Waals surface area contributed by atoms with Crippen molar-refractivity contribution < 1.29 is 33.8 Å². The molecule has 1 aromatic carbocycles. The molecule has 0 radical (unpaired) electrons. The third-order valence-corrected chi connectivity index (χ3v) is 5.33. The Bertz CT molecular complexity index is 934. The highest BCUT2D eigenvalue weighted by Gasteiger charge is 2.48. The fourth-order valence-electron chi connectivity index (χ4n) is 3.94. The van der Waals surface area contributed by atoms with Crippen LogP contribution in [0.15, 0.2) is 24.3 Å². The van der Waals surface area contributed by atoms with E-state index in [2.05, 4.69) is 0 Å². The average molecular weight is 445 g/mol. The van der Waals surface area contributed by atoms with E-state index in [9.17, 15) is 29.1 Å². The smallest absolute Gasteiger partial charge is 0.429 e. The molecule has 1 aromatic rings. The predicted octanol–water partition coefficient (Wildman–Crippen LogP) is 2.29. The maximum Gasteiger partial charge on any atom is 0.429 e. The summed E-state index contributed by atoms with van der Waals surface area (Å²) in [5.41, 5.74) is -0.503. The van der Waals surface area contributed by atoms with E-state index in [1.165, 1.54) is 12.1 Å². The third-order valence-electron chi connectivity index (χ3n) is 5.33. The average Bonchev–Trinajstić information content (AvgIpc) is 2.98. The largest absolute Gasteiger partial charge is 0.480 e. The van der Waals surface area contributed by atoms with Gasteiger partial charge in [0, 0.05) is 6.54 Å². The number of hydrogen-bond donors (Lipinski definition) is 1. The molecule has 2 aliphatic rings. The molecule has 3 rings (SSSR count). The monoisotopic (exact) mass is 445 g/mol. The standard InChI is InChI=1S/C22H27N3O7/c1-5-15(24-17(26)13-9-6-7-10-14(13)18(24)27)19(28)25-16(20(29)30)11-8-12-23(25)21(31)32-22(2,3)4/h6-7,9-10,15-16H,5,8,11-12H2,1-4H3,(H,29,30)/t15-,16?/m0/s1. The third kappa shape index (κ3) is 4.17. The Kier molecular flexibility index (Phi) is 6.25. The van der Waals surface area contributed by atoms with E-state index in [0.29, 0.717) is 6.42 Å². The van der Waals surface area contributed by atoms with E-state index >= 15 is 0 Å². The molecule has 1 fully saturated rings. The predicted molar refractivity (Wildman–Crippen MR) is 111 cm³/mol. The summed E-state index contributed by atoms with van der Waals surface area (Å²) in [7, 11) is 0. The molecule has 2 aliphatic heterocycles. The van der Waals surface area contributed by atoms with Crippen molar-refractivity contribution >= 4 is 29.8 Å². The number of nitrogens with zero attached hydrogens (tertiary/aromatic N) is 3. The molecule has 1 N–H and O–H groups in total. The Hall–Kier alpha value is -3.43. The van der Waals surface area contributed by atoms with Gasteiger partial charge in [-0.2, -0.15) is 0 Å². The van der Waals surface area contributed by atoms with E-state index in [0.717, 1.165) is 14.9 Å². The zero-order valence-electron chi connectivity index (χ0n) is 18.5. The summed E-state index contributed by atoms with van der Waals surface area (Å²) in [6, 6.07) is 3.64. The van der Waals surface area contributed by atoms with Crippen molar-refractivity contribution in [3.05, 3.63) is 35.4 Å². The number of rotatable bonds is 4. The Morgan fingerprint density at radius 2 is 1.69 bits per heavy atom. The number of carbonyl (C=O) groups excluding carboxylic acids is 4. The van der Waals surface area contributed by atoms with Crippen molar-refractivity contribution in [2.45, 2.75) is 64.6 Å². The van der Waals surface area contributed by atoms with Gasteiger partial charge in [-0.25, -0.2) is 19.6 Å². The van der Waals surface area contributed by atoms with Crippen LogP contribution in [0.1, 0.15) is 67.7 Å². The second-order valence-corrected chi connectivity index (χ2v) is 8.73. The molecular weight excluding hydrogens is 418 g/mol. The number of hydrazine groups is 1. The Labute approximate surface area is 185 Å². The van der Waals surface area contributed by atoms with Crippen LogP contribution in [0, 0.1) is 0 Å². The van der Waals surface area contributed by atoms with Crippen LogP contribution in [0.3, 0.4) is 0 Å². The molecule has 4 amide bonds. The number of benzene rings is 1. The van der Waals surface area contributed by atoms with Crippen LogP contribution in [0.2, 0.25) is 0 Å². The summed E-state index contributed by atoms with van der Waals surface area (Å²) in [6.45, 7) is 6.66. The molecule has 10 nitrogen and oxygen atoms in total. The molecule has 32 heavy (non-hydrogen) atoms. The van der Waals surface area contributed by atoms with Crippen LogP contribution in [0.25, 0.3) is 0 Å². The van der Waals surface area contributed by atoms with Crippen LogP contribution in [0.4, 0.5) is 4.79 Å². The van der Waals surface area contributed by atoms with Gasteiger partial charge < -0.3 is 9.84 Å². The van der Waals surface area contributed by atoms with Gasteiger partial charge in [-0.15, -0.1) is 0 Å². The van der Waals surface area contributed by atoms with Crippen LogP contribution < -0.4 is 0 Å². The fourth-order valence-corrected chi connectivity index (χ4v) is 3.94. The lowest BCUT2D eigenvalue weighted by atomic mass is 10.1. The van der Waals surface area contributed by atoms with Crippen molar-refractivity contribution in [1.82, 2.24) is 14.9 Å². The lowest BCUT2D eigenvalue weighted by Gasteiger charge is -2.44. The maximum atomic E-state index is 13.6. The van der Waals surface area contributed by atoms with Gasteiger partial charge in [-0.3, -0.25) is 19.3 Å². The summed E-state index contributed by atoms with van der Waals surface area (Å²) >= 11 is 0. The van der Waals surface area contributed by atoms with Gasteiger partial charge in [0.25, 0.3) is 17.7 Å².